The van der Waals surface area contributed by atoms with Gasteiger partial charge in [0.05, 0.1) is 13.2 Å². The Hall–Kier alpha value is -1.16. The zero-order valence-electron chi connectivity index (χ0n) is 11.3. The highest BCUT2D eigenvalue weighted by Gasteiger charge is 2.28. The molecule has 0 radical (unpaired) electrons. The lowest BCUT2D eigenvalue weighted by atomic mass is 9.77. The molecule has 4 nitrogen and oxygen atoms in total. The van der Waals surface area contributed by atoms with Crippen LogP contribution in [0.3, 0.4) is 0 Å². The van der Waals surface area contributed by atoms with E-state index in [1.54, 1.807) is 19.5 Å². The molecule has 0 bridgehead atoms. The molecule has 1 saturated carbocycles. The molecule has 0 amide bonds. The summed E-state index contributed by atoms with van der Waals surface area (Å²) in [6, 6.07) is -0.0496. The van der Waals surface area contributed by atoms with Gasteiger partial charge in [-0.05, 0) is 24.7 Å². The molecule has 1 atom stereocenters. The number of rotatable bonds is 4. The molecule has 0 aliphatic heterocycles. The molecule has 1 heterocycles. The van der Waals surface area contributed by atoms with Crippen molar-refractivity contribution in [2.45, 2.75) is 45.1 Å². The number of hydrogen-bond acceptors (Lipinski definition) is 4. The van der Waals surface area contributed by atoms with E-state index in [9.17, 15) is 0 Å². The predicted molar refractivity (Wildman–Crippen MR) is 71.3 cm³/mol. The highest BCUT2D eigenvalue weighted by molar-refractivity contribution is 5.21. The fraction of sp³-hybridized carbons (Fsp3) is 0.714. The van der Waals surface area contributed by atoms with E-state index in [1.807, 2.05) is 0 Å². The van der Waals surface area contributed by atoms with E-state index in [1.165, 1.54) is 32.1 Å². The molecule has 0 spiro atoms. The molecule has 4 heteroatoms. The van der Waals surface area contributed by atoms with E-state index in [2.05, 4.69) is 16.9 Å². The summed E-state index contributed by atoms with van der Waals surface area (Å²) in [5, 5.41) is 0. The van der Waals surface area contributed by atoms with Crippen LogP contribution in [-0.4, -0.2) is 17.1 Å². The van der Waals surface area contributed by atoms with Gasteiger partial charge in [-0.2, -0.15) is 0 Å². The monoisotopic (exact) mass is 249 g/mol. The van der Waals surface area contributed by atoms with E-state index in [0.717, 1.165) is 11.6 Å². The highest BCUT2D eigenvalue weighted by atomic mass is 16.5. The number of ether oxygens (including phenoxy) is 1. The summed E-state index contributed by atoms with van der Waals surface area (Å²) < 4.78 is 5.25. The van der Waals surface area contributed by atoms with E-state index < -0.39 is 0 Å². The topological polar surface area (TPSA) is 61.0 Å². The largest absolute Gasteiger partial charge is 0.480 e. The third-order valence-electron chi connectivity index (χ3n) is 4.18. The van der Waals surface area contributed by atoms with Crippen LogP contribution in [0.1, 0.15) is 50.8 Å². The Labute approximate surface area is 109 Å². The van der Waals surface area contributed by atoms with Crippen molar-refractivity contribution in [1.29, 1.82) is 0 Å². The second-order valence-electron chi connectivity index (χ2n) is 5.17. The summed E-state index contributed by atoms with van der Waals surface area (Å²) in [7, 11) is 1.62. The van der Waals surface area contributed by atoms with Gasteiger partial charge in [-0.15, -0.1) is 0 Å². The normalized spacial score (nSPS) is 25.7. The molecule has 1 unspecified atom stereocenters. The van der Waals surface area contributed by atoms with Gasteiger partial charge >= 0.3 is 0 Å². The van der Waals surface area contributed by atoms with Crippen molar-refractivity contribution >= 4 is 0 Å². The molecule has 2 N–H and O–H groups in total. The molecule has 1 aromatic rings. The second-order valence-corrected chi connectivity index (χ2v) is 5.17. The first-order chi connectivity index (χ1) is 8.76. The Bertz CT molecular complexity index is 375. The van der Waals surface area contributed by atoms with Crippen LogP contribution in [0.2, 0.25) is 0 Å². The summed E-state index contributed by atoms with van der Waals surface area (Å²) in [6.45, 7) is 2.27. The molecule has 1 aromatic heterocycles. The first-order valence-corrected chi connectivity index (χ1v) is 6.86. The van der Waals surface area contributed by atoms with Gasteiger partial charge in [0.15, 0.2) is 0 Å². The van der Waals surface area contributed by atoms with Gasteiger partial charge < -0.3 is 10.5 Å². The average Bonchev–Trinajstić information content (AvgIpc) is 2.46. The van der Waals surface area contributed by atoms with Crippen LogP contribution in [0.5, 0.6) is 5.88 Å². The molecular weight excluding hydrogens is 226 g/mol. The average molecular weight is 249 g/mol. The Morgan fingerprint density at radius 2 is 1.94 bits per heavy atom. The smallest absolute Gasteiger partial charge is 0.236 e. The van der Waals surface area contributed by atoms with Gasteiger partial charge in [0, 0.05) is 12.4 Å². The van der Waals surface area contributed by atoms with Crippen molar-refractivity contribution < 1.29 is 4.74 Å². The number of nitrogens with zero attached hydrogens (tertiary/aromatic N) is 2. The number of hydrogen-bond donors (Lipinski definition) is 1. The Morgan fingerprint density at radius 1 is 1.28 bits per heavy atom. The zero-order valence-corrected chi connectivity index (χ0v) is 11.3. The Balaban J connectivity index is 2.05. The standard InChI is InChI=1S/C14H23N3O/c1-3-10-4-6-11(7-5-10)12(15)13-14(18-2)17-9-8-16-13/h8-12H,3-7,15H2,1-2H3. The quantitative estimate of drug-likeness (QED) is 0.891. The summed E-state index contributed by atoms with van der Waals surface area (Å²) in [5.74, 6) is 1.97. The van der Waals surface area contributed by atoms with Crippen LogP contribution in [0.25, 0.3) is 0 Å². The van der Waals surface area contributed by atoms with Gasteiger partial charge in [0.2, 0.25) is 5.88 Å². The summed E-state index contributed by atoms with van der Waals surface area (Å²) in [5.41, 5.74) is 7.16. The fourth-order valence-corrected chi connectivity index (χ4v) is 2.90. The lowest BCUT2D eigenvalue weighted by Gasteiger charge is -2.31. The molecule has 1 aliphatic rings. The lowest BCUT2D eigenvalue weighted by Crippen LogP contribution is -2.27. The summed E-state index contributed by atoms with van der Waals surface area (Å²) in [6.07, 6.45) is 9.59. The Morgan fingerprint density at radius 3 is 2.56 bits per heavy atom. The minimum absolute atomic E-state index is 0.0496. The van der Waals surface area contributed by atoms with E-state index in [-0.39, 0.29) is 6.04 Å². The van der Waals surface area contributed by atoms with E-state index >= 15 is 0 Å². The molecule has 2 rings (SSSR count). The van der Waals surface area contributed by atoms with Gasteiger partial charge in [-0.3, -0.25) is 4.98 Å². The van der Waals surface area contributed by atoms with Crippen molar-refractivity contribution in [3.05, 3.63) is 18.1 Å². The zero-order chi connectivity index (χ0) is 13.0. The Kier molecular flexibility index (Phi) is 4.53. The number of nitrogens with two attached hydrogens (primary N) is 1. The van der Waals surface area contributed by atoms with Crippen molar-refractivity contribution in [2.75, 3.05) is 7.11 Å². The predicted octanol–water partition coefficient (Wildman–Crippen LogP) is 2.70. The molecule has 1 aliphatic carbocycles. The number of aromatic nitrogens is 2. The minimum atomic E-state index is -0.0496. The molecular formula is C14H23N3O. The van der Waals surface area contributed by atoms with Crippen LogP contribution >= 0.6 is 0 Å². The van der Waals surface area contributed by atoms with Gasteiger partial charge in [-0.25, -0.2) is 4.98 Å². The van der Waals surface area contributed by atoms with Gasteiger partial charge in [0.25, 0.3) is 0 Å². The maximum absolute atomic E-state index is 6.35. The van der Waals surface area contributed by atoms with E-state index in [4.69, 9.17) is 10.5 Å². The molecule has 0 aromatic carbocycles. The molecule has 1 fully saturated rings. The minimum Gasteiger partial charge on any atom is -0.480 e. The first-order valence-electron chi connectivity index (χ1n) is 6.86. The molecule has 100 valence electrons. The summed E-state index contributed by atoms with van der Waals surface area (Å²) >= 11 is 0. The fourth-order valence-electron chi connectivity index (χ4n) is 2.90. The van der Waals surface area contributed by atoms with E-state index in [0.29, 0.717) is 11.8 Å². The van der Waals surface area contributed by atoms with Gasteiger partial charge in [0.1, 0.15) is 5.69 Å². The summed E-state index contributed by atoms with van der Waals surface area (Å²) in [4.78, 5) is 8.53. The molecule has 18 heavy (non-hydrogen) atoms. The van der Waals surface area contributed by atoms with Crippen molar-refractivity contribution in [1.82, 2.24) is 9.97 Å². The third-order valence-corrected chi connectivity index (χ3v) is 4.18. The first kappa shape index (κ1) is 13.3. The highest BCUT2D eigenvalue weighted by Crippen LogP contribution is 2.37. The molecule has 0 saturated heterocycles. The van der Waals surface area contributed by atoms with Crippen molar-refractivity contribution in [2.24, 2.45) is 17.6 Å². The third kappa shape index (κ3) is 2.80. The van der Waals surface area contributed by atoms with Crippen molar-refractivity contribution in [3.63, 3.8) is 0 Å². The van der Waals surface area contributed by atoms with Crippen LogP contribution in [-0.2, 0) is 0 Å². The van der Waals surface area contributed by atoms with Crippen molar-refractivity contribution in [3.8, 4) is 5.88 Å². The van der Waals surface area contributed by atoms with Gasteiger partial charge in [-0.1, -0.05) is 26.2 Å². The van der Waals surface area contributed by atoms with Crippen LogP contribution < -0.4 is 10.5 Å². The SMILES string of the molecule is CCC1CCC(C(N)c2nccnc2OC)CC1. The van der Waals surface area contributed by atoms with Crippen LogP contribution in [0.4, 0.5) is 0 Å². The van der Waals surface area contributed by atoms with Crippen LogP contribution in [0, 0.1) is 11.8 Å². The van der Waals surface area contributed by atoms with Crippen LogP contribution in [0.15, 0.2) is 12.4 Å². The maximum Gasteiger partial charge on any atom is 0.236 e. The number of methoxy groups -OCH3 is 1. The maximum atomic E-state index is 6.35. The second kappa shape index (κ2) is 6.14. The lowest BCUT2D eigenvalue weighted by molar-refractivity contribution is 0.234.